The minimum Gasteiger partial charge on any atom is -0.461 e. The van der Waals surface area contributed by atoms with Crippen LogP contribution in [-0.4, -0.2) is 37.3 Å². The van der Waals surface area contributed by atoms with E-state index >= 15 is 0 Å². The summed E-state index contributed by atoms with van der Waals surface area (Å²) in [6.45, 7) is 3.74. The van der Waals surface area contributed by atoms with Gasteiger partial charge in [-0.2, -0.15) is 0 Å². The first kappa shape index (κ1) is 13.1. The van der Waals surface area contributed by atoms with Crippen molar-refractivity contribution in [2.45, 2.75) is 19.4 Å². The second-order valence-electron chi connectivity index (χ2n) is 4.41. The summed E-state index contributed by atoms with van der Waals surface area (Å²) in [5.74, 6) is -0.126. The van der Waals surface area contributed by atoms with Crippen LogP contribution in [0.15, 0.2) is 30.3 Å². The Labute approximate surface area is 107 Å². The number of benzene rings is 1. The minimum atomic E-state index is -0.126. The van der Waals surface area contributed by atoms with Gasteiger partial charge in [-0.15, -0.1) is 0 Å². The monoisotopic (exact) mass is 249 g/mol. The van der Waals surface area contributed by atoms with Gasteiger partial charge in [-0.05, 0) is 12.0 Å². The molecule has 0 radical (unpaired) electrons. The van der Waals surface area contributed by atoms with Gasteiger partial charge >= 0.3 is 5.97 Å². The maximum atomic E-state index is 11.5. The van der Waals surface area contributed by atoms with Gasteiger partial charge in [0, 0.05) is 19.5 Å². The average molecular weight is 249 g/mol. The fourth-order valence-electron chi connectivity index (χ4n) is 1.89. The van der Waals surface area contributed by atoms with Crippen LogP contribution in [0, 0.1) is 0 Å². The molecule has 4 heteroatoms. The zero-order valence-corrected chi connectivity index (χ0v) is 10.5. The van der Waals surface area contributed by atoms with E-state index in [9.17, 15) is 4.79 Å². The molecule has 2 rings (SSSR count). The molecule has 98 valence electrons. The van der Waals surface area contributed by atoms with Crippen molar-refractivity contribution in [1.29, 1.82) is 0 Å². The summed E-state index contributed by atoms with van der Waals surface area (Å²) in [4.78, 5) is 13.7. The van der Waals surface area contributed by atoms with E-state index in [1.807, 2.05) is 30.3 Å². The van der Waals surface area contributed by atoms with E-state index in [2.05, 4.69) is 4.90 Å². The number of hydrogen-bond donors (Lipinski definition) is 0. The van der Waals surface area contributed by atoms with Gasteiger partial charge in [0.05, 0.1) is 13.3 Å². The van der Waals surface area contributed by atoms with Crippen LogP contribution in [0.1, 0.15) is 18.4 Å². The SMILES string of the molecule is O=C(CCCN1CCOC1)OCc1ccccc1. The third-order valence-electron chi connectivity index (χ3n) is 2.92. The third kappa shape index (κ3) is 4.47. The Kier molecular flexibility index (Phi) is 5.17. The molecule has 0 atom stereocenters. The maximum Gasteiger partial charge on any atom is 0.306 e. The van der Waals surface area contributed by atoms with Gasteiger partial charge in [0.15, 0.2) is 0 Å². The van der Waals surface area contributed by atoms with Gasteiger partial charge in [0.2, 0.25) is 0 Å². The fourth-order valence-corrected chi connectivity index (χ4v) is 1.89. The summed E-state index contributed by atoms with van der Waals surface area (Å²) in [7, 11) is 0. The highest BCUT2D eigenvalue weighted by Crippen LogP contribution is 2.05. The molecule has 0 aliphatic carbocycles. The number of carbonyl (C=O) groups is 1. The van der Waals surface area contributed by atoms with E-state index in [1.54, 1.807) is 0 Å². The van der Waals surface area contributed by atoms with Crippen LogP contribution in [0.25, 0.3) is 0 Å². The standard InChI is InChI=1S/C14H19NO3/c16-14(7-4-8-15-9-10-17-12-15)18-11-13-5-2-1-3-6-13/h1-3,5-6H,4,7-12H2. The predicted molar refractivity (Wildman–Crippen MR) is 67.9 cm³/mol. The quantitative estimate of drug-likeness (QED) is 0.721. The lowest BCUT2D eigenvalue weighted by molar-refractivity contribution is -0.145. The van der Waals surface area contributed by atoms with E-state index in [4.69, 9.17) is 9.47 Å². The molecule has 1 saturated heterocycles. The zero-order valence-electron chi connectivity index (χ0n) is 10.5. The van der Waals surface area contributed by atoms with E-state index in [-0.39, 0.29) is 5.97 Å². The van der Waals surface area contributed by atoms with Crippen molar-refractivity contribution in [3.05, 3.63) is 35.9 Å². The predicted octanol–water partition coefficient (Wildman–Crippen LogP) is 1.80. The topological polar surface area (TPSA) is 38.8 Å². The maximum absolute atomic E-state index is 11.5. The minimum absolute atomic E-state index is 0.126. The summed E-state index contributed by atoms with van der Waals surface area (Å²) in [5.41, 5.74) is 1.03. The normalized spacial score (nSPS) is 15.8. The van der Waals surface area contributed by atoms with Crippen molar-refractivity contribution in [3.63, 3.8) is 0 Å². The van der Waals surface area contributed by atoms with Gasteiger partial charge in [0.1, 0.15) is 6.61 Å². The second-order valence-corrected chi connectivity index (χ2v) is 4.41. The summed E-state index contributed by atoms with van der Waals surface area (Å²) < 4.78 is 10.4. The van der Waals surface area contributed by atoms with Crippen LogP contribution in [-0.2, 0) is 20.9 Å². The highest BCUT2D eigenvalue weighted by molar-refractivity contribution is 5.69. The Balaban J connectivity index is 1.57. The smallest absolute Gasteiger partial charge is 0.306 e. The molecule has 1 aromatic rings. The molecule has 18 heavy (non-hydrogen) atoms. The van der Waals surface area contributed by atoms with E-state index in [1.165, 1.54) is 0 Å². The molecule has 0 unspecified atom stereocenters. The van der Waals surface area contributed by atoms with Gasteiger partial charge in [-0.25, -0.2) is 0 Å². The van der Waals surface area contributed by atoms with Crippen molar-refractivity contribution in [3.8, 4) is 0 Å². The second kappa shape index (κ2) is 7.13. The van der Waals surface area contributed by atoms with Crippen molar-refractivity contribution in [1.82, 2.24) is 4.90 Å². The molecule has 4 nitrogen and oxygen atoms in total. The fraction of sp³-hybridized carbons (Fsp3) is 0.500. The molecular formula is C14H19NO3. The molecule has 0 saturated carbocycles. The molecule has 0 spiro atoms. The van der Waals surface area contributed by atoms with Crippen molar-refractivity contribution < 1.29 is 14.3 Å². The number of nitrogens with zero attached hydrogens (tertiary/aromatic N) is 1. The molecule has 1 aromatic carbocycles. The van der Waals surface area contributed by atoms with Crippen LogP contribution < -0.4 is 0 Å². The number of esters is 1. The van der Waals surface area contributed by atoms with Crippen LogP contribution >= 0.6 is 0 Å². The average Bonchev–Trinajstić information content (AvgIpc) is 2.91. The summed E-state index contributed by atoms with van der Waals surface area (Å²) in [6, 6.07) is 9.74. The zero-order chi connectivity index (χ0) is 12.6. The molecule has 0 amide bonds. The van der Waals surface area contributed by atoms with Crippen LogP contribution in [0.4, 0.5) is 0 Å². The molecule has 1 aliphatic rings. The summed E-state index contributed by atoms with van der Waals surface area (Å²) in [6.07, 6.45) is 1.31. The summed E-state index contributed by atoms with van der Waals surface area (Å²) >= 11 is 0. The lowest BCUT2D eigenvalue weighted by Crippen LogP contribution is -2.22. The van der Waals surface area contributed by atoms with E-state index in [0.717, 1.165) is 31.7 Å². The Morgan fingerprint density at radius 1 is 1.33 bits per heavy atom. The third-order valence-corrected chi connectivity index (χ3v) is 2.92. The van der Waals surface area contributed by atoms with Crippen molar-refractivity contribution in [2.24, 2.45) is 0 Å². The highest BCUT2D eigenvalue weighted by Gasteiger charge is 2.12. The lowest BCUT2D eigenvalue weighted by Gasteiger charge is -2.11. The largest absolute Gasteiger partial charge is 0.461 e. The van der Waals surface area contributed by atoms with Gasteiger partial charge < -0.3 is 9.47 Å². The summed E-state index contributed by atoms with van der Waals surface area (Å²) in [5, 5.41) is 0. The first-order valence-electron chi connectivity index (χ1n) is 6.34. The number of rotatable bonds is 6. The number of carbonyl (C=O) groups excluding carboxylic acids is 1. The molecular weight excluding hydrogens is 230 g/mol. The first-order chi connectivity index (χ1) is 8.84. The lowest BCUT2D eigenvalue weighted by atomic mass is 10.2. The van der Waals surface area contributed by atoms with Crippen LogP contribution in [0.5, 0.6) is 0 Å². The number of ether oxygens (including phenoxy) is 2. The Morgan fingerprint density at radius 2 is 2.17 bits per heavy atom. The highest BCUT2D eigenvalue weighted by atomic mass is 16.5. The Hall–Kier alpha value is -1.39. The molecule has 1 heterocycles. The van der Waals surface area contributed by atoms with Gasteiger partial charge in [0.25, 0.3) is 0 Å². The molecule has 1 fully saturated rings. The molecule has 1 aliphatic heterocycles. The van der Waals surface area contributed by atoms with Crippen molar-refractivity contribution in [2.75, 3.05) is 26.4 Å². The first-order valence-corrected chi connectivity index (χ1v) is 6.34. The van der Waals surface area contributed by atoms with Crippen LogP contribution in [0.2, 0.25) is 0 Å². The van der Waals surface area contributed by atoms with Crippen molar-refractivity contribution >= 4 is 5.97 Å². The molecule has 0 N–H and O–H groups in total. The Bertz CT molecular complexity index is 361. The molecule has 0 bridgehead atoms. The van der Waals surface area contributed by atoms with Gasteiger partial charge in [-0.1, -0.05) is 30.3 Å². The Morgan fingerprint density at radius 3 is 2.89 bits per heavy atom. The molecule has 0 aromatic heterocycles. The van der Waals surface area contributed by atoms with Crippen LogP contribution in [0.3, 0.4) is 0 Å². The van der Waals surface area contributed by atoms with Gasteiger partial charge in [-0.3, -0.25) is 9.69 Å². The van der Waals surface area contributed by atoms with E-state index < -0.39 is 0 Å². The van der Waals surface area contributed by atoms with E-state index in [0.29, 0.717) is 19.8 Å². The number of hydrogen-bond acceptors (Lipinski definition) is 4.